The molecule has 5 nitrogen and oxygen atoms in total. The SMILES string of the molecule is NC(=O)ON(N)c1ccccc1. The Morgan fingerprint density at radius 3 is 2.42 bits per heavy atom. The minimum atomic E-state index is -0.943. The third-order valence-corrected chi connectivity index (χ3v) is 1.20. The summed E-state index contributed by atoms with van der Waals surface area (Å²) in [6, 6.07) is 8.71. The quantitative estimate of drug-likeness (QED) is 0.492. The maximum atomic E-state index is 10.3. The van der Waals surface area contributed by atoms with Gasteiger partial charge in [0.15, 0.2) is 0 Å². The van der Waals surface area contributed by atoms with Crippen LogP contribution in [0.4, 0.5) is 10.5 Å². The van der Waals surface area contributed by atoms with Crippen molar-refractivity contribution < 1.29 is 9.63 Å². The van der Waals surface area contributed by atoms with Crippen LogP contribution < -0.4 is 16.7 Å². The summed E-state index contributed by atoms with van der Waals surface area (Å²) in [6.07, 6.45) is -0.943. The van der Waals surface area contributed by atoms with E-state index in [1.165, 1.54) is 0 Å². The van der Waals surface area contributed by atoms with E-state index >= 15 is 0 Å². The van der Waals surface area contributed by atoms with Crippen LogP contribution in [0, 0.1) is 0 Å². The summed E-state index contributed by atoms with van der Waals surface area (Å²) < 4.78 is 0. The van der Waals surface area contributed by atoms with Crippen LogP contribution in [0.25, 0.3) is 0 Å². The summed E-state index contributed by atoms with van der Waals surface area (Å²) in [6.45, 7) is 0. The number of para-hydroxylation sites is 1. The molecule has 1 rings (SSSR count). The molecule has 12 heavy (non-hydrogen) atoms. The van der Waals surface area contributed by atoms with Crippen LogP contribution >= 0.6 is 0 Å². The van der Waals surface area contributed by atoms with Gasteiger partial charge >= 0.3 is 6.09 Å². The van der Waals surface area contributed by atoms with Crippen LogP contribution in [0.3, 0.4) is 0 Å². The zero-order chi connectivity index (χ0) is 8.97. The monoisotopic (exact) mass is 167 g/mol. The molecule has 0 unspecified atom stereocenters. The van der Waals surface area contributed by atoms with Crippen molar-refractivity contribution in [3.05, 3.63) is 30.3 Å². The Morgan fingerprint density at radius 2 is 1.92 bits per heavy atom. The number of rotatable bonds is 2. The average Bonchev–Trinajstić information content (AvgIpc) is 2.05. The van der Waals surface area contributed by atoms with E-state index in [9.17, 15) is 4.79 Å². The number of carbonyl (C=O) groups is 1. The van der Waals surface area contributed by atoms with E-state index < -0.39 is 6.09 Å². The molecule has 0 aliphatic carbocycles. The second-order valence-electron chi connectivity index (χ2n) is 2.07. The highest BCUT2D eigenvalue weighted by molar-refractivity contribution is 5.66. The smallest absolute Gasteiger partial charge is 0.333 e. The number of hydrogen-bond donors (Lipinski definition) is 2. The first-order chi connectivity index (χ1) is 5.70. The highest BCUT2D eigenvalue weighted by atomic mass is 16.7. The topological polar surface area (TPSA) is 81.6 Å². The fraction of sp³-hybridized carbons (Fsp3) is 0. The lowest BCUT2D eigenvalue weighted by Gasteiger charge is -2.14. The molecule has 0 fully saturated rings. The molecule has 1 aromatic carbocycles. The van der Waals surface area contributed by atoms with Gasteiger partial charge in [-0.15, -0.1) is 5.17 Å². The van der Waals surface area contributed by atoms with Crippen LogP contribution in [0.1, 0.15) is 0 Å². The predicted molar refractivity (Wildman–Crippen MR) is 43.8 cm³/mol. The third-order valence-electron chi connectivity index (χ3n) is 1.20. The molecule has 0 bridgehead atoms. The number of benzene rings is 1. The first-order valence-corrected chi connectivity index (χ1v) is 3.27. The third kappa shape index (κ3) is 2.14. The molecule has 0 spiro atoms. The highest BCUT2D eigenvalue weighted by Crippen LogP contribution is 2.08. The van der Waals surface area contributed by atoms with Crippen LogP contribution in [0.5, 0.6) is 0 Å². The number of nitrogens with zero attached hydrogens (tertiary/aromatic N) is 1. The van der Waals surface area contributed by atoms with E-state index in [0.717, 1.165) is 5.17 Å². The van der Waals surface area contributed by atoms with Gasteiger partial charge in [0.1, 0.15) is 0 Å². The van der Waals surface area contributed by atoms with Crippen molar-refractivity contribution in [3.63, 3.8) is 0 Å². The molecule has 0 saturated heterocycles. The molecular formula is C7H9N3O2. The van der Waals surface area contributed by atoms with E-state index in [4.69, 9.17) is 11.6 Å². The molecule has 1 amide bonds. The molecule has 0 aromatic heterocycles. The van der Waals surface area contributed by atoms with Gasteiger partial charge in [0.25, 0.3) is 0 Å². The molecule has 0 aliphatic heterocycles. The number of primary amides is 1. The number of nitrogens with two attached hydrogens (primary N) is 2. The Bertz CT molecular complexity index is 263. The number of anilines is 1. The molecule has 64 valence electrons. The largest absolute Gasteiger partial charge is 0.430 e. The van der Waals surface area contributed by atoms with Crippen molar-refractivity contribution in [1.29, 1.82) is 0 Å². The number of hydrazine groups is 1. The Morgan fingerprint density at radius 1 is 1.33 bits per heavy atom. The van der Waals surface area contributed by atoms with E-state index in [1.807, 2.05) is 6.07 Å². The zero-order valence-corrected chi connectivity index (χ0v) is 6.31. The van der Waals surface area contributed by atoms with E-state index in [0.29, 0.717) is 5.69 Å². The summed E-state index contributed by atoms with van der Waals surface area (Å²) in [5.74, 6) is 5.31. The molecule has 4 N–H and O–H groups in total. The molecule has 5 heteroatoms. The Kier molecular flexibility index (Phi) is 2.49. The van der Waals surface area contributed by atoms with E-state index in [-0.39, 0.29) is 0 Å². The maximum absolute atomic E-state index is 10.3. The van der Waals surface area contributed by atoms with Gasteiger partial charge in [-0.3, -0.25) is 0 Å². The highest BCUT2D eigenvalue weighted by Gasteiger charge is 2.03. The second kappa shape index (κ2) is 3.59. The maximum Gasteiger partial charge on any atom is 0.430 e. The van der Waals surface area contributed by atoms with Gasteiger partial charge in [0.05, 0.1) is 5.69 Å². The zero-order valence-electron chi connectivity index (χ0n) is 6.31. The fourth-order valence-corrected chi connectivity index (χ4v) is 0.725. The van der Waals surface area contributed by atoms with Gasteiger partial charge in [0.2, 0.25) is 0 Å². The summed E-state index contributed by atoms with van der Waals surface area (Å²) >= 11 is 0. The van der Waals surface area contributed by atoms with Crippen molar-refractivity contribution >= 4 is 11.8 Å². The molecule has 0 radical (unpaired) electrons. The molecule has 0 aliphatic rings. The fourth-order valence-electron chi connectivity index (χ4n) is 0.725. The summed E-state index contributed by atoms with van der Waals surface area (Å²) in [5.41, 5.74) is 5.30. The summed E-state index contributed by atoms with van der Waals surface area (Å²) in [7, 11) is 0. The number of carbonyl (C=O) groups excluding carboxylic acids is 1. The van der Waals surface area contributed by atoms with Gasteiger partial charge in [-0.25, -0.2) is 10.6 Å². The minimum Gasteiger partial charge on any atom is -0.333 e. The predicted octanol–water partition coefficient (Wildman–Crippen LogP) is 0.377. The van der Waals surface area contributed by atoms with Crippen molar-refractivity contribution in [3.8, 4) is 0 Å². The lowest BCUT2D eigenvalue weighted by Crippen LogP contribution is -2.35. The van der Waals surface area contributed by atoms with E-state index in [2.05, 4.69) is 4.84 Å². The minimum absolute atomic E-state index is 0.552. The number of hydrogen-bond acceptors (Lipinski definition) is 4. The van der Waals surface area contributed by atoms with Crippen molar-refractivity contribution in [2.24, 2.45) is 11.6 Å². The van der Waals surface area contributed by atoms with Crippen LogP contribution in [0.2, 0.25) is 0 Å². The molecule has 0 heterocycles. The van der Waals surface area contributed by atoms with Crippen molar-refractivity contribution in [2.45, 2.75) is 0 Å². The molecule has 0 atom stereocenters. The number of amides is 1. The first kappa shape index (κ1) is 8.35. The summed E-state index contributed by atoms with van der Waals surface area (Å²) in [4.78, 5) is 14.6. The lowest BCUT2D eigenvalue weighted by atomic mass is 10.3. The first-order valence-electron chi connectivity index (χ1n) is 3.27. The Balaban J connectivity index is 2.65. The van der Waals surface area contributed by atoms with E-state index in [1.54, 1.807) is 24.3 Å². The van der Waals surface area contributed by atoms with Gasteiger partial charge in [0, 0.05) is 0 Å². The van der Waals surface area contributed by atoms with Gasteiger partial charge in [-0.1, -0.05) is 18.2 Å². The van der Waals surface area contributed by atoms with Gasteiger partial charge in [-0.05, 0) is 12.1 Å². The standard InChI is InChI=1S/C7H9N3O2/c8-7(11)12-10(9)6-4-2-1-3-5-6/h1-5H,9H2,(H2,8,11). The molecule has 1 aromatic rings. The molecule has 0 saturated carbocycles. The average molecular weight is 167 g/mol. The normalized spacial score (nSPS) is 9.08. The Hall–Kier alpha value is -1.75. The van der Waals surface area contributed by atoms with Crippen LogP contribution in [-0.2, 0) is 4.84 Å². The van der Waals surface area contributed by atoms with Gasteiger partial charge < -0.3 is 10.6 Å². The van der Waals surface area contributed by atoms with Crippen LogP contribution in [0.15, 0.2) is 30.3 Å². The second-order valence-corrected chi connectivity index (χ2v) is 2.07. The Labute approximate surface area is 69.4 Å². The van der Waals surface area contributed by atoms with Crippen LogP contribution in [-0.4, -0.2) is 6.09 Å². The van der Waals surface area contributed by atoms with Crippen molar-refractivity contribution in [1.82, 2.24) is 0 Å². The van der Waals surface area contributed by atoms with Gasteiger partial charge in [-0.2, -0.15) is 0 Å². The van der Waals surface area contributed by atoms with Crippen molar-refractivity contribution in [2.75, 3.05) is 5.17 Å². The molecular weight excluding hydrogens is 158 g/mol. The summed E-state index contributed by atoms with van der Waals surface area (Å²) in [5, 5.41) is 0.808. The lowest BCUT2D eigenvalue weighted by molar-refractivity contribution is 0.143.